The minimum Gasteiger partial charge on any atom is -0.398 e. The summed E-state index contributed by atoms with van der Waals surface area (Å²) >= 11 is 0. The lowest BCUT2D eigenvalue weighted by Crippen LogP contribution is -2.26. The second-order valence-electron chi connectivity index (χ2n) is 7.91. The van der Waals surface area contributed by atoms with Gasteiger partial charge in [0.1, 0.15) is 5.82 Å². The molecule has 0 saturated heterocycles. The summed E-state index contributed by atoms with van der Waals surface area (Å²) in [5.41, 5.74) is 15.4. The van der Waals surface area contributed by atoms with E-state index in [0.29, 0.717) is 34.8 Å². The Hall–Kier alpha value is -4.13. The van der Waals surface area contributed by atoms with Crippen molar-refractivity contribution in [2.45, 2.75) is 18.4 Å². The first-order chi connectivity index (χ1) is 15.9. The summed E-state index contributed by atoms with van der Waals surface area (Å²) in [6.07, 6.45) is 4.05. The molecule has 1 aliphatic carbocycles. The summed E-state index contributed by atoms with van der Waals surface area (Å²) in [5.74, 6) is -1.66. The molecule has 0 heterocycles. The van der Waals surface area contributed by atoms with E-state index in [1.54, 1.807) is 42.5 Å². The molecule has 0 unspecified atom stereocenters. The van der Waals surface area contributed by atoms with Crippen molar-refractivity contribution in [3.63, 3.8) is 0 Å². The van der Waals surface area contributed by atoms with Gasteiger partial charge in [0.15, 0.2) is 11.6 Å². The second kappa shape index (κ2) is 9.56. The molecule has 0 spiro atoms. The first-order valence-corrected chi connectivity index (χ1v) is 10.5. The molecule has 1 aliphatic rings. The Kier molecular flexibility index (Phi) is 6.40. The Morgan fingerprint density at radius 3 is 2.42 bits per heavy atom. The van der Waals surface area contributed by atoms with E-state index in [1.807, 2.05) is 30.3 Å². The van der Waals surface area contributed by atoms with Crippen LogP contribution in [0.25, 0.3) is 5.70 Å². The van der Waals surface area contributed by atoms with Crippen molar-refractivity contribution in [2.75, 3.05) is 5.32 Å². The second-order valence-corrected chi connectivity index (χ2v) is 7.91. The van der Waals surface area contributed by atoms with Crippen LogP contribution in [0.3, 0.4) is 0 Å². The molecular weight excluding hydrogens is 422 g/mol. The molecule has 0 aromatic heterocycles. The third-order valence-corrected chi connectivity index (χ3v) is 5.44. The molecule has 2 atom stereocenters. The van der Waals surface area contributed by atoms with Gasteiger partial charge in [0.2, 0.25) is 0 Å². The summed E-state index contributed by atoms with van der Waals surface area (Å²) in [6.45, 7) is 0. The van der Waals surface area contributed by atoms with Crippen LogP contribution in [-0.4, -0.2) is 11.9 Å². The molecule has 7 heteroatoms. The van der Waals surface area contributed by atoms with E-state index in [9.17, 15) is 13.6 Å². The Balaban J connectivity index is 0.00000216. The molecule has 172 valence electrons. The highest BCUT2D eigenvalue weighted by molar-refractivity contribution is 5.95. The normalized spacial score (nSPS) is 18.0. The zero-order valence-corrected chi connectivity index (χ0v) is 17.8. The molecule has 3 aromatic carbocycles. The van der Waals surface area contributed by atoms with Crippen LogP contribution in [-0.2, 0) is 0 Å². The number of allylic oxidation sites excluding steroid dienone is 2. The van der Waals surface area contributed by atoms with Crippen LogP contribution in [0.1, 0.15) is 36.7 Å². The van der Waals surface area contributed by atoms with Crippen LogP contribution >= 0.6 is 0 Å². The Morgan fingerprint density at radius 1 is 0.909 bits per heavy atom. The van der Waals surface area contributed by atoms with E-state index in [4.69, 9.17) is 11.5 Å². The van der Waals surface area contributed by atoms with Gasteiger partial charge in [0.25, 0.3) is 5.91 Å². The van der Waals surface area contributed by atoms with Gasteiger partial charge in [-0.05, 0) is 60.0 Å². The largest absolute Gasteiger partial charge is 0.398 e. The molecule has 1 saturated carbocycles. The van der Waals surface area contributed by atoms with Crippen LogP contribution in [0.4, 0.5) is 14.5 Å². The van der Waals surface area contributed by atoms with Crippen molar-refractivity contribution in [3.05, 3.63) is 119 Å². The summed E-state index contributed by atoms with van der Waals surface area (Å²) in [4.78, 5) is 12.7. The standard InChI is InChI=1S/C26H24F2N4O.2H2/c27-21-10-9-17(14-22(21)28)20-15-24(20)32-26(33)18-7-4-8-19(13-18)31-25(30)12-11-23(29)16-5-2-1-3-6-16;;/h1-14,20,24,31H,15,29-30H2,(H,32,33);2*1H/b23-11-,25-12+;;/t20-,24+;;/m0../s1. The fraction of sp³-hybridized carbons (Fsp3) is 0.115. The van der Waals surface area contributed by atoms with Crippen molar-refractivity contribution in [3.8, 4) is 0 Å². The van der Waals surface area contributed by atoms with Crippen LogP contribution in [0.5, 0.6) is 0 Å². The highest BCUT2D eigenvalue weighted by Crippen LogP contribution is 2.41. The highest BCUT2D eigenvalue weighted by Gasteiger charge is 2.40. The summed E-state index contributed by atoms with van der Waals surface area (Å²) in [7, 11) is 0. The Bertz CT molecular complexity index is 1240. The number of nitrogens with two attached hydrogens (primary N) is 2. The molecular formula is C26H28F2N4O. The minimum atomic E-state index is -0.880. The number of benzene rings is 3. The fourth-order valence-electron chi connectivity index (χ4n) is 3.57. The van der Waals surface area contributed by atoms with E-state index in [1.165, 1.54) is 6.07 Å². The van der Waals surface area contributed by atoms with Gasteiger partial charge in [0.05, 0.1) is 0 Å². The number of hydrogen-bond acceptors (Lipinski definition) is 4. The maximum Gasteiger partial charge on any atom is 0.251 e. The number of carbonyl (C=O) groups excluding carboxylic acids is 1. The number of rotatable bonds is 7. The number of amides is 1. The van der Waals surface area contributed by atoms with Gasteiger partial charge in [-0.15, -0.1) is 0 Å². The van der Waals surface area contributed by atoms with E-state index >= 15 is 0 Å². The summed E-state index contributed by atoms with van der Waals surface area (Å²) in [6, 6.07) is 20.2. The van der Waals surface area contributed by atoms with Gasteiger partial charge in [0, 0.05) is 31.8 Å². The first-order valence-electron chi connectivity index (χ1n) is 10.5. The lowest BCUT2D eigenvalue weighted by atomic mass is 10.1. The van der Waals surface area contributed by atoms with Crippen LogP contribution in [0, 0.1) is 11.6 Å². The summed E-state index contributed by atoms with van der Waals surface area (Å²) < 4.78 is 26.6. The van der Waals surface area contributed by atoms with Gasteiger partial charge in [-0.3, -0.25) is 4.79 Å². The van der Waals surface area contributed by atoms with Crippen molar-refractivity contribution in [1.29, 1.82) is 0 Å². The number of hydrogen-bond donors (Lipinski definition) is 4. The highest BCUT2D eigenvalue weighted by atomic mass is 19.2. The van der Waals surface area contributed by atoms with E-state index in [0.717, 1.165) is 11.6 Å². The van der Waals surface area contributed by atoms with E-state index in [-0.39, 0.29) is 20.7 Å². The molecule has 1 amide bonds. The van der Waals surface area contributed by atoms with Gasteiger partial charge in [-0.25, -0.2) is 8.78 Å². The van der Waals surface area contributed by atoms with Crippen molar-refractivity contribution in [2.24, 2.45) is 11.5 Å². The van der Waals surface area contributed by atoms with Gasteiger partial charge in [-0.2, -0.15) is 0 Å². The predicted octanol–water partition coefficient (Wildman–Crippen LogP) is 4.95. The molecule has 1 fully saturated rings. The fourth-order valence-corrected chi connectivity index (χ4v) is 3.57. The SMILES string of the molecule is N/C(=C\C=C(/N)Nc1cccc(C(=O)N[C@@H]2C[C@H]2c2ccc(F)c(F)c2)c1)c1ccccc1.[HH].[HH]. The zero-order valence-electron chi connectivity index (χ0n) is 17.8. The van der Waals surface area contributed by atoms with Gasteiger partial charge < -0.3 is 22.1 Å². The molecule has 0 bridgehead atoms. The third-order valence-electron chi connectivity index (χ3n) is 5.44. The predicted molar refractivity (Wildman–Crippen MR) is 130 cm³/mol. The lowest BCUT2D eigenvalue weighted by molar-refractivity contribution is 0.0950. The Labute approximate surface area is 193 Å². The van der Waals surface area contributed by atoms with Gasteiger partial charge >= 0.3 is 0 Å². The average Bonchev–Trinajstić information content (AvgIpc) is 3.59. The molecule has 0 radical (unpaired) electrons. The van der Waals surface area contributed by atoms with Crippen molar-refractivity contribution in [1.82, 2.24) is 5.32 Å². The van der Waals surface area contributed by atoms with Crippen LogP contribution in [0.2, 0.25) is 0 Å². The van der Waals surface area contributed by atoms with E-state index in [2.05, 4.69) is 10.6 Å². The lowest BCUT2D eigenvalue weighted by Gasteiger charge is -2.09. The smallest absolute Gasteiger partial charge is 0.251 e. The minimum absolute atomic E-state index is 0. The van der Waals surface area contributed by atoms with Crippen LogP contribution < -0.4 is 22.1 Å². The molecule has 5 nitrogen and oxygen atoms in total. The maximum atomic E-state index is 13.5. The molecule has 33 heavy (non-hydrogen) atoms. The number of anilines is 1. The Morgan fingerprint density at radius 2 is 1.67 bits per heavy atom. The van der Waals surface area contributed by atoms with E-state index < -0.39 is 11.6 Å². The third kappa shape index (κ3) is 5.57. The van der Waals surface area contributed by atoms with Gasteiger partial charge in [-0.1, -0.05) is 42.5 Å². The molecule has 3 aromatic rings. The quantitative estimate of drug-likeness (QED) is 0.383. The van der Waals surface area contributed by atoms with Crippen molar-refractivity contribution >= 4 is 17.3 Å². The van der Waals surface area contributed by atoms with Crippen molar-refractivity contribution < 1.29 is 16.4 Å². The maximum absolute atomic E-state index is 13.5. The zero-order chi connectivity index (χ0) is 23.4. The average molecular weight is 451 g/mol. The monoisotopic (exact) mass is 450 g/mol. The molecule has 6 N–H and O–H groups in total. The number of carbonyl (C=O) groups is 1. The van der Waals surface area contributed by atoms with Crippen LogP contribution in [0.15, 0.2) is 90.8 Å². The molecule has 4 rings (SSSR count). The topological polar surface area (TPSA) is 93.2 Å². The number of nitrogens with one attached hydrogen (secondary N) is 2. The molecule has 0 aliphatic heterocycles. The summed E-state index contributed by atoms with van der Waals surface area (Å²) in [5, 5.41) is 5.98. The number of halogens is 2. The first kappa shape index (κ1) is 22.1.